The molecule has 0 fully saturated rings. The Balaban J connectivity index is 2.67. The van der Waals surface area contributed by atoms with Gasteiger partial charge < -0.3 is 9.15 Å². The van der Waals surface area contributed by atoms with Crippen molar-refractivity contribution in [1.29, 1.82) is 0 Å². The number of hydrogen-bond acceptors (Lipinski definition) is 4. The summed E-state index contributed by atoms with van der Waals surface area (Å²) in [6, 6.07) is 5.22. The fourth-order valence-corrected chi connectivity index (χ4v) is 1.55. The lowest BCUT2D eigenvalue weighted by Crippen LogP contribution is -2.25. The first-order valence-corrected chi connectivity index (χ1v) is 4.78. The molecule has 0 bridgehead atoms. The van der Waals surface area contributed by atoms with E-state index in [-0.39, 0.29) is 6.61 Å². The average molecular weight is 221 g/mol. The van der Waals surface area contributed by atoms with Gasteiger partial charge in [0.15, 0.2) is 5.58 Å². The third-order valence-corrected chi connectivity index (χ3v) is 2.25. The Hall–Kier alpha value is -1.88. The van der Waals surface area contributed by atoms with Crippen LogP contribution in [-0.2, 0) is 4.74 Å². The Kier molecular flexibility index (Phi) is 2.62. The number of rotatable bonds is 2. The number of fused-ring (bicyclic) bond motifs is 1. The molecule has 0 amide bonds. The lowest BCUT2D eigenvalue weighted by atomic mass is 10.2. The zero-order valence-corrected chi connectivity index (χ0v) is 9.02. The molecule has 0 radical (unpaired) electrons. The van der Waals surface area contributed by atoms with Crippen LogP contribution in [0.15, 0.2) is 27.4 Å². The van der Waals surface area contributed by atoms with Gasteiger partial charge in [-0.15, -0.1) is 0 Å². The fourth-order valence-electron chi connectivity index (χ4n) is 1.55. The van der Waals surface area contributed by atoms with Gasteiger partial charge in [0.05, 0.1) is 5.52 Å². The van der Waals surface area contributed by atoms with Crippen LogP contribution < -0.4 is 5.76 Å². The van der Waals surface area contributed by atoms with Crippen molar-refractivity contribution in [3.8, 4) is 0 Å². The van der Waals surface area contributed by atoms with E-state index in [9.17, 15) is 9.59 Å². The van der Waals surface area contributed by atoms with Gasteiger partial charge in [-0.25, -0.2) is 9.36 Å². The monoisotopic (exact) mass is 221 g/mol. The quantitative estimate of drug-likeness (QED) is 0.764. The molecule has 1 aromatic heterocycles. The minimum absolute atomic E-state index is 0.150. The highest BCUT2D eigenvalue weighted by molar-refractivity contribution is 5.90. The van der Waals surface area contributed by atoms with Gasteiger partial charge in [0.25, 0.3) is 5.91 Å². The molecule has 0 atom stereocenters. The molecule has 16 heavy (non-hydrogen) atoms. The van der Waals surface area contributed by atoms with Crippen LogP contribution in [0.25, 0.3) is 11.1 Å². The third kappa shape index (κ3) is 1.65. The van der Waals surface area contributed by atoms with Crippen LogP contribution >= 0.6 is 0 Å². The van der Waals surface area contributed by atoms with Crippen LogP contribution in [0.2, 0.25) is 0 Å². The van der Waals surface area contributed by atoms with Gasteiger partial charge in [-0.3, -0.25) is 4.79 Å². The van der Waals surface area contributed by atoms with Gasteiger partial charge in [-0.1, -0.05) is 6.07 Å². The summed E-state index contributed by atoms with van der Waals surface area (Å²) in [5.74, 6) is -1.11. The van der Waals surface area contributed by atoms with Crippen LogP contribution in [-0.4, -0.2) is 24.2 Å². The largest absolute Gasteiger partial charge is 0.426 e. The number of aryl methyl sites for hydroxylation is 1. The second-order valence-electron chi connectivity index (χ2n) is 3.50. The maximum absolute atomic E-state index is 11.6. The van der Waals surface area contributed by atoms with E-state index < -0.39 is 11.7 Å². The van der Waals surface area contributed by atoms with E-state index >= 15 is 0 Å². The normalized spacial score (nSPS) is 10.9. The molecule has 0 aliphatic rings. The Labute approximate surface area is 91.2 Å². The van der Waals surface area contributed by atoms with Crippen LogP contribution in [0.4, 0.5) is 0 Å². The van der Waals surface area contributed by atoms with Crippen LogP contribution in [0.3, 0.4) is 0 Å². The maximum atomic E-state index is 11.6. The molecule has 0 aliphatic carbocycles. The summed E-state index contributed by atoms with van der Waals surface area (Å²) in [4.78, 5) is 23.1. The SMILES string of the molecule is COCC(=O)n1c(=O)oc2ccc(C)cc21. The molecule has 2 rings (SSSR count). The molecule has 84 valence electrons. The van der Waals surface area contributed by atoms with Crippen molar-refractivity contribution >= 4 is 17.0 Å². The average Bonchev–Trinajstić information content (AvgIpc) is 2.53. The first-order chi connectivity index (χ1) is 7.63. The third-order valence-electron chi connectivity index (χ3n) is 2.25. The Morgan fingerprint density at radius 2 is 2.25 bits per heavy atom. The zero-order valence-electron chi connectivity index (χ0n) is 9.02. The smallest absolute Gasteiger partial charge is 0.407 e. The number of hydrogen-bond donors (Lipinski definition) is 0. The van der Waals surface area contributed by atoms with E-state index in [2.05, 4.69) is 0 Å². The summed E-state index contributed by atoms with van der Waals surface area (Å²) in [6.45, 7) is 1.73. The molecular weight excluding hydrogens is 210 g/mol. The van der Waals surface area contributed by atoms with Crippen molar-refractivity contribution in [2.45, 2.75) is 6.92 Å². The van der Waals surface area contributed by atoms with Crippen molar-refractivity contribution in [3.63, 3.8) is 0 Å². The minimum Gasteiger partial charge on any atom is -0.407 e. The highest BCUT2D eigenvalue weighted by Gasteiger charge is 2.15. The number of aromatic nitrogens is 1. The standard InChI is InChI=1S/C11H11NO4/c1-7-3-4-9-8(5-7)12(11(14)16-9)10(13)6-15-2/h3-5H,6H2,1-2H3. The first-order valence-electron chi connectivity index (χ1n) is 4.78. The summed E-state index contributed by atoms with van der Waals surface area (Å²) in [7, 11) is 1.40. The van der Waals surface area contributed by atoms with Gasteiger partial charge in [-0.05, 0) is 24.6 Å². The minimum atomic E-state index is -0.678. The predicted molar refractivity (Wildman–Crippen MR) is 57.7 cm³/mol. The summed E-state index contributed by atoms with van der Waals surface area (Å²) in [5.41, 5.74) is 1.83. The molecule has 5 nitrogen and oxygen atoms in total. The van der Waals surface area contributed by atoms with Crippen LogP contribution in [0.5, 0.6) is 0 Å². The molecule has 1 heterocycles. The summed E-state index contributed by atoms with van der Waals surface area (Å²) in [5, 5.41) is 0. The van der Waals surface area contributed by atoms with Crippen molar-refractivity contribution in [1.82, 2.24) is 4.57 Å². The van der Waals surface area contributed by atoms with E-state index in [0.717, 1.165) is 10.1 Å². The van der Waals surface area contributed by atoms with Crippen LogP contribution in [0, 0.1) is 6.92 Å². The second-order valence-corrected chi connectivity index (χ2v) is 3.50. The second kappa shape index (κ2) is 3.94. The Bertz CT molecular complexity index is 594. The number of ether oxygens (including phenoxy) is 1. The van der Waals surface area contributed by atoms with Gasteiger partial charge in [0, 0.05) is 7.11 Å². The molecule has 0 saturated carbocycles. The van der Waals surface area contributed by atoms with Gasteiger partial charge in [0.2, 0.25) is 0 Å². The molecule has 0 unspecified atom stereocenters. The number of nitrogens with zero attached hydrogens (tertiary/aromatic N) is 1. The van der Waals surface area contributed by atoms with E-state index in [1.54, 1.807) is 12.1 Å². The van der Waals surface area contributed by atoms with Gasteiger partial charge >= 0.3 is 5.76 Å². The van der Waals surface area contributed by atoms with Crippen molar-refractivity contribution in [3.05, 3.63) is 34.3 Å². The fraction of sp³-hybridized carbons (Fsp3) is 0.273. The summed E-state index contributed by atoms with van der Waals surface area (Å²) < 4.78 is 10.7. The molecule has 0 aliphatic heterocycles. The highest BCUT2D eigenvalue weighted by atomic mass is 16.5. The number of benzene rings is 1. The molecule has 5 heteroatoms. The highest BCUT2D eigenvalue weighted by Crippen LogP contribution is 2.14. The molecular formula is C11H11NO4. The van der Waals surface area contributed by atoms with Gasteiger partial charge in [-0.2, -0.15) is 0 Å². The van der Waals surface area contributed by atoms with E-state index in [0.29, 0.717) is 11.1 Å². The zero-order chi connectivity index (χ0) is 11.7. The number of methoxy groups -OCH3 is 1. The van der Waals surface area contributed by atoms with Crippen molar-refractivity contribution in [2.24, 2.45) is 0 Å². The predicted octanol–water partition coefficient (Wildman–Crippen LogP) is 1.19. The Morgan fingerprint density at radius 3 is 2.94 bits per heavy atom. The molecule has 1 aromatic carbocycles. The summed E-state index contributed by atoms with van der Waals surface area (Å²) in [6.07, 6.45) is 0. The lowest BCUT2D eigenvalue weighted by molar-refractivity contribution is 0.0758. The van der Waals surface area contributed by atoms with Gasteiger partial charge in [0.1, 0.15) is 6.61 Å². The molecule has 2 aromatic rings. The van der Waals surface area contributed by atoms with E-state index in [1.807, 2.05) is 13.0 Å². The first kappa shape index (κ1) is 10.6. The molecule has 0 saturated heterocycles. The van der Waals surface area contributed by atoms with E-state index in [4.69, 9.17) is 9.15 Å². The van der Waals surface area contributed by atoms with E-state index in [1.165, 1.54) is 7.11 Å². The Morgan fingerprint density at radius 1 is 1.50 bits per heavy atom. The maximum Gasteiger partial charge on any atom is 0.426 e. The molecule has 0 N–H and O–H groups in total. The number of carbonyl (C=O) groups is 1. The van der Waals surface area contributed by atoms with Crippen LogP contribution in [0.1, 0.15) is 10.4 Å². The van der Waals surface area contributed by atoms with Crippen molar-refractivity contribution < 1.29 is 13.9 Å². The number of carbonyl (C=O) groups excluding carboxylic acids is 1. The number of oxazole rings is 1. The summed E-state index contributed by atoms with van der Waals surface area (Å²) >= 11 is 0. The van der Waals surface area contributed by atoms with Crippen molar-refractivity contribution in [2.75, 3.05) is 13.7 Å². The lowest BCUT2D eigenvalue weighted by Gasteiger charge is -1.99. The topological polar surface area (TPSA) is 61.4 Å². The molecule has 0 spiro atoms.